The molecule has 5 N–H and O–H groups in total. The van der Waals surface area contributed by atoms with Gasteiger partial charge in [0.25, 0.3) is 5.91 Å². The Labute approximate surface area is 110 Å². The number of fused-ring (bicyclic) bond motifs is 2. The van der Waals surface area contributed by atoms with Crippen LogP contribution in [0.15, 0.2) is 18.2 Å². The second-order valence-corrected chi connectivity index (χ2v) is 4.90. The Morgan fingerprint density at radius 2 is 2.00 bits per heavy atom. The number of carbonyl (C=O) groups is 1. The quantitative estimate of drug-likeness (QED) is 0.590. The minimum atomic E-state index is -0.177. The summed E-state index contributed by atoms with van der Waals surface area (Å²) in [5, 5.41) is 13.1. The molecule has 1 aliphatic rings. The predicted molar refractivity (Wildman–Crippen MR) is 74.8 cm³/mol. The van der Waals surface area contributed by atoms with Gasteiger partial charge in [-0.3, -0.25) is 9.89 Å². The lowest BCUT2D eigenvalue weighted by atomic mass is 10.1. The van der Waals surface area contributed by atoms with Crippen molar-refractivity contribution in [1.82, 2.24) is 10.2 Å². The molecule has 98 valence electrons. The number of hydrogen-bond donors (Lipinski definition) is 4. The minimum absolute atomic E-state index is 0.177. The summed E-state index contributed by atoms with van der Waals surface area (Å²) in [5.41, 5.74) is 9.16. The van der Waals surface area contributed by atoms with Gasteiger partial charge < -0.3 is 16.4 Å². The number of nitrogen functional groups attached to an aromatic ring is 1. The first-order valence-electron chi connectivity index (χ1n) is 6.12. The summed E-state index contributed by atoms with van der Waals surface area (Å²) >= 11 is 0. The first-order valence-corrected chi connectivity index (χ1v) is 6.12. The summed E-state index contributed by atoms with van der Waals surface area (Å²) in [7, 11) is 0. The fourth-order valence-corrected chi connectivity index (χ4v) is 2.18. The van der Waals surface area contributed by atoms with Gasteiger partial charge in [0, 0.05) is 5.69 Å². The third kappa shape index (κ3) is 1.81. The number of benzene rings is 1. The summed E-state index contributed by atoms with van der Waals surface area (Å²) < 4.78 is 0. The van der Waals surface area contributed by atoms with Crippen molar-refractivity contribution in [2.24, 2.45) is 0 Å². The third-order valence-corrected chi connectivity index (χ3v) is 3.14. The zero-order valence-corrected chi connectivity index (χ0v) is 10.7. The van der Waals surface area contributed by atoms with Gasteiger partial charge >= 0.3 is 0 Å². The number of aromatic nitrogens is 2. The molecule has 0 atom stereocenters. The molecule has 0 fully saturated rings. The number of amides is 1. The van der Waals surface area contributed by atoms with Crippen LogP contribution in [0.3, 0.4) is 0 Å². The van der Waals surface area contributed by atoms with Crippen molar-refractivity contribution in [3.63, 3.8) is 0 Å². The van der Waals surface area contributed by atoms with Crippen molar-refractivity contribution in [3.8, 4) is 0 Å². The van der Waals surface area contributed by atoms with Crippen molar-refractivity contribution in [3.05, 3.63) is 29.5 Å². The van der Waals surface area contributed by atoms with Crippen LogP contribution in [-0.4, -0.2) is 16.1 Å². The monoisotopic (exact) mass is 257 g/mol. The maximum atomic E-state index is 12.3. The molecule has 3 rings (SSSR count). The van der Waals surface area contributed by atoms with Crippen molar-refractivity contribution >= 4 is 28.8 Å². The molecular weight excluding hydrogens is 242 g/mol. The molecule has 2 aromatic rings. The Balaban J connectivity index is 2.13. The van der Waals surface area contributed by atoms with E-state index < -0.39 is 0 Å². The Hall–Kier alpha value is -2.50. The molecule has 2 heterocycles. The molecule has 0 aliphatic carbocycles. The molecule has 1 aromatic carbocycles. The first kappa shape index (κ1) is 11.6. The van der Waals surface area contributed by atoms with E-state index in [1.54, 1.807) is 12.1 Å². The highest BCUT2D eigenvalue weighted by Crippen LogP contribution is 2.34. The molecule has 6 nitrogen and oxygen atoms in total. The van der Waals surface area contributed by atoms with Gasteiger partial charge in [-0.15, -0.1) is 0 Å². The van der Waals surface area contributed by atoms with E-state index in [9.17, 15) is 4.79 Å². The highest BCUT2D eigenvalue weighted by molar-refractivity contribution is 6.12. The van der Waals surface area contributed by atoms with E-state index in [0.29, 0.717) is 22.8 Å². The second kappa shape index (κ2) is 4.01. The summed E-state index contributed by atoms with van der Waals surface area (Å²) in [5.74, 6) is 0.559. The Morgan fingerprint density at radius 3 is 2.74 bits per heavy atom. The summed E-state index contributed by atoms with van der Waals surface area (Å²) in [6, 6.07) is 5.33. The minimum Gasteiger partial charge on any atom is -0.399 e. The molecule has 0 bridgehead atoms. The Kier molecular flexibility index (Phi) is 2.45. The number of nitrogens with one attached hydrogen (secondary N) is 3. The van der Waals surface area contributed by atoms with Crippen LogP contribution in [0.25, 0.3) is 0 Å². The largest absolute Gasteiger partial charge is 0.399 e. The maximum absolute atomic E-state index is 12.3. The van der Waals surface area contributed by atoms with Crippen LogP contribution in [0, 0.1) is 0 Å². The zero-order valence-electron chi connectivity index (χ0n) is 10.7. The summed E-state index contributed by atoms with van der Waals surface area (Å²) in [6.07, 6.45) is 0. The summed E-state index contributed by atoms with van der Waals surface area (Å²) in [6.45, 7) is 4.02. The fraction of sp³-hybridized carbons (Fsp3) is 0.231. The molecule has 1 aromatic heterocycles. The number of hydrogen-bond acceptors (Lipinski definition) is 4. The van der Waals surface area contributed by atoms with E-state index in [-0.39, 0.29) is 11.8 Å². The zero-order chi connectivity index (χ0) is 13.6. The molecule has 0 saturated heterocycles. The third-order valence-electron chi connectivity index (χ3n) is 3.14. The standard InChI is InChI=1S/C13H15N5O/c1-6(2)11-10-12(18-17-11)15-8-4-3-7(14)5-9(8)16-13(10)19/h3-6H,14H2,1-2H3,(H,16,19)(H2,15,17,18). The van der Waals surface area contributed by atoms with Gasteiger partial charge in [-0.2, -0.15) is 5.10 Å². The molecule has 0 unspecified atom stereocenters. The lowest BCUT2D eigenvalue weighted by Crippen LogP contribution is -2.13. The van der Waals surface area contributed by atoms with Crippen LogP contribution >= 0.6 is 0 Å². The van der Waals surface area contributed by atoms with Crippen LogP contribution < -0.4 is 16.4 Å². The van der Waals surface area contributed by atoms with Crippen LogP contribution in [0.1, 0.15) is 35.8 Å². The smallest absolute Gasteiger partial charge is 0.261 e. The normalized spacial score (nSPS) is 13.3. The van der Waals surface area contributed by atoms with Crippen LogP contribution in [-0.2, 0) is 0 Å². The molecule has 1 amide bonds. The molecule has 1 aliphatic heterocycles. The highest BCUT2D eigenvalue weighted by atomic mass is 16.1. The number of nitrogens with two attached hydrogens (primary N) is 1. The molecule has 19 heavy (non-hydrogen) atoms. The van der Waals surface area contributed by atoms with Crippen LogP contribution in [0.5, 0.6) is 0 Å². The topological polar surface area (TPSA) is 95.8 Å². The average molecular weight is 257 g/mol. The number of rotatable bonds is 1. The van der Waals surface area contributed by atoms with E-state index in [0.717, 1.165) is 11.4 Å². The van der Waals surface area contributed by atoms with Crippen LogP contribution in [0.4, 0.5) is 22.9 Å². The van der Waals surface area contributed by atoms with Crippen molar-refractivity contribution in [2.45, 2.75) is 19.8 Å². The highest BCUT2D eigenvalue weighted by Gasteiger charge is 2.26. The predicted octanol–water partition coefficient (Wildman–Crippen LogP) is 2.42. The number of carbonyl (C=O) groups excluding carboxylic acids is 1. The molecule has 0 spiro atoms. The second-order valence-electron chi connectivity index (χ2n) is 4.90. The molecule has 0 saturated carbocycles. The van der Waals surface area contributed by atoms with Gasteiger partial charge in [-0.25, -0.2) is 0 Å². The van der Waals surface area contributed by atoms with E-state index in [2.05, 4.69) is 20.8 Å². The van der Waals surface area contributed by atoms with Crippen molar-refractivity contribution in [2.75, 3.05) is 16.4 Å². The maximum Gasteiger partial charge on any atom is 0.261 e. The van der Waals surface area contributed by atoms with E-state index in [1.165, 1.54) is 0 Å². The Bertz CT molecular complexity index is 659. The molecule has 0 radical (unpaired) electrons. The van der Waals surface area contributed by atoms with E-state index in [1.807, 2.05) is 19.9 Å². The van der Waals surface area contributed by atoms with Gasteiger partial charge in [0.15, 0.2) is 5.82 Å². The Morgan fingerprint density at radius 1 is 1.21 bits per heavy atom. The number of anilines is 4. The van der Waals surface area contributed by atoms with Gasteiger partial charge in [-0.1, -0.05) is 13.8 Å². The lowest BCUT2D eigenvalue weighted by Gasteiger charge is -2.08. The van der Waals surface area contributed by atoms with Gasteiger partial charge in [-0.05, 0) is 24.1 Å². The van der Waals surface area contributed by atoms with Gasteiger partial charge in [0.2, 0.25) is 0 Å². The van der Waals surface area contributed by atoms with Crippen molar-refractivity contribution < 1.29 is 4.79 Å². The summed E-state index contributed by atoms with van der Waals surface area (Å²) in [4.78, 5) is 12.3. The number of aromatic amines is 1. The SMILES string of the molecule is CC(C)c1[nH]nc2c1C(=O)Nc1cc(N)ccc1N2. The fourth-order valence-electron chi connectivity index (χ4n) is 2.18. The number of nitrogens with zero attached hydrogens (tertiary/aromatic N) is 1. The van der Waals surface area contributed by atoms with E-state index >= 15 is 0 Å². The van der Waals surface area contributed by atoms with E-state index in [4.69, 9.17) is 5.73 Å². The first-order chi connectivity index (χ1) is 9.06. The number of H-pyrrole nitrogens is 1. The molecular formula is C13H15N5O. The van der Waals surface area contributed by atoms with Gasteiger partial charge in [0.05, 0.1) is 17.1 Å². The lowest BCUT2D eigenvalue weighted by molar-refractivity contribution is 0.102. The van der Waals surface area contributed by atoms with Crippen molar-refractivity contribution in [1.29, 1.82) is 0 Å². The molecule has 6 heteroatoms. The average Bonchev–Trinajstić information content (AvgIpc) is 2.71. The van der Waals surface area contributed by atoms with Gasteiger partial charge in [0.1, 0.15) is 5.56 Å². The van der Waals surface area contributed by atoms with Crippen LogP contribution in [0.2, 0.25) is 0 Å².